The second-order valence-corrected chi connectivity index (χ2v) is 4.56. The lowest BCUT2D eigenvalue weighted by molar-refractivity contribution is -0.132. The Morgan fingerprint density at radius 3 is 2.67 bits per heavy atom. The zero-order valence-corrected chi connectivity index (χ0v) is 9.91. The zero-order chi connectivity index (χ0) is 11.3. The molecule has 1 atom stereocenters. The second kappa shape index (κ2) is 6.11. The molecule has 88 valence electrons. The maximum absolute atomic E-state index is 11.8. The summed E-state index contributed by atoms with van der Waals surface area (Å²) in [6, 6.07) is 0.512. The lowest BCUT2D eigenvalue weighted by atomic mass is 10.2. The number of aliphatic hydroxyl groups is 1. The van der Waals surface area contributed by atoms with E-state index in [0.29, 0.717) is 18.9 Å². The van der Waals surface area contributed by atoms with Crippen molar-refractivity contribution >= 4 is 5.91 Å². The Bertz CT molecular complexity index is 200. The topological polar surface area (TPSA) is 40.5 Å². The number of amides is 1. The van der Waals surface area contributed by atoms with E-state index >= 15 is 0 Å². The Labute approximate surface area is 92.5 Å². The highest BCUT2D eigenvalue weighted by atomic mass is 16.3. The highest BCUT2D eigenvalue weighted by Gasteiger charge is 2.31. The largest absolute Gasteiger partial charge is 0.393 e. The van der Waals surface area contributed by atoms with Crippen LogP contribution in [0.4, 0.5) is 0 Å². The third kappa shape index (κ3) is 4.65. The van der Waals surface area contributed by atoms with Crippen molar-refractivity contribution in [3.8, 4) is 0 Å². The Morgan fingerprint density at radius 1 is 1.53 bits per heavy atom. The van der Waals surface area contributed by atoms with Crippen molar-refractivity contribution < 1.29 is 9.90 Å². The first-order valence-corrected chi connectivity index (χ1v) is 6.12. The number of nitrogens with zero attached hydrogens (tertiary/aromatic N) is 1. The number of unbranched alkanes of at least 4 members (excludes halogenated alkanes) is 1. The van der Waals surface area contributed by atoms with Crippen molar-refractivity contribution in [1.29, 1.82) is 0 Å². The Hall–Kier alpha value is -0.570. The summed E-state index contributed by atoms with van der Waals surface area (Å²) in [4.78, 5) is 13.9. The molecule has 0 aromatic carbocycles. The molecule has 0 radical (unpaired) electrons. The molecule has 15 heavy (non-hydrogen) atoms. The molecule has 1 rings (SSSR count). The Kier molecular flexibility index (Phi) is 5.09. The van der Waals surface area contributed by atoms with Crippen molar-refractivity contribution in [2.75, 3.05) is 6.54 Å². The summed E-state index contributed by atoms with van der Waals surface area (Å²) in [7, 11) is 0. The molecule has 0 saturated heterocycles. The van der Waals surface area contributed by atoms with Crippen molar-refractivity contribution in [1.82, 2.24) is 4.90 Å². The van der Waals surface area contributed by atoms with Crippen LogP contribution in [0.25, 0.3) is 0 Å². The van der Waals surface area contributed by atoms with Gasteiger partial charge in [-0.25, -0.2) is 0 Å². The fourth-order valence-electron chi connectivity index (χ4n) is 1.70. The minimum atomic E-state index is -0.360. The van der Waals surface area contributed by atoms with Crippen LogP contribution in [0.3, 0.4) is 0 Å². The van der Waals surface area contributed by atoms with Gasteiger partial charge in [0.05, 0.1) is 6.10 Å². The zero-order valence-electron chi connectivity index (χ0n) is 9.91. The maximum Gasteiger partial charge on any atom is 0.222 e. The van der Waals surface area contributed by atoms with Crippen molar-refractivity contribution in [3.63, 3.8) is 0 Å². The van der Waals surface area contributed by atoms with Gasteiger partial charge in [0.15, 0.2) is 0 Å². The van der Waals surface area contributed by atoms with Gasteiger partial charge in [-0.1, -0.05) is 13.3 Å². The van der Waals surface area contributed by atoms with Crippen molar-refractivity contribution in [3.05, 3.63) is 0 Å². The molecule has 1 fully saturated rings. The predicted molar refractivity (Wildman–Crippen MR) is 60.6 cm³/mol. The molecule has 3 nitrogen and oxygen atoms in total. The number of rotatable bonds is 7. The first-order valence-electron chi connectivity index (χ1n) is 6.12. The summed E-state index contributed by atoms with van der Waals surface area (Å²) in [5.74, 6) is 0.229. The molecular weight excluding hydrogens is 190 g/mol. The Balaban J connectivity index is 2.30. The van der Waals surface area contributed by atoms with E-state index in [4.69, 9.17) is 5.11 Å². The van der Waals surface area contributed by atoms with Gasteiger partial charge in [-0.15, -0.1) is 0 Å². The molecule has 0 aromatic rings. The van der Waals surface area contributed by atoms with Gasteiger partial charge in [-0.05, 0) is 32.6 Å². The second-order valence-electron chi connectivity index (χ2n) is 4.56. The molecule has 1 aliphatic rings. The van der Waals surface area contributed by atoms with Crippen LogP contribution >= 0.6 is 0 Å². The summed E-state index contributed by atoms with van der Waals surface area (Å²) in [6.07, 6.45) is 5.30. The van der Waals surface area contributed by atoms with Gasteiger partial charge in [-0.2, -0.15) is 0 Å². The van der Waals surface area contributed by atoms with E-state index in [1.54, 1.807) is 6.92 Å². The van der Waals surface area contributed by atoms with E-state index < -0.39 is 0 Å². The van der Waals surface area contributed by atoms with E-state index in [-0.39, 0.29) is 12.0 Å². The van der Waals surface area contributed by atoms with Crippen LogP contribution in [0, 0.1) is 0 Å². The van der Waals surface area contributed by atoms with Crippen LogP contribution in [0.15, 0.2) is 0 Å². The van der Waals surface area contributed by atoms with Crippen molar-refractivity contribution in [2.24, 2.45) is 0 Å². The molecule has 0 spiro atoms. The highest BCUT2D eigenvalue weighted by molar-refractivity contribution is 5.76. The SMILES string of the molecule is CCCCN(C(=O)CCC(C)O)C1CC1. The van der Waals surface area contributed by atoms with Gasteiger partial charge in [0.2, 0.25) is 5.91 Å². The van der Waals surface area contributed by atoms with E-state index in [9.17, 15) is 4.79 Å². The number of hydrogen-bond donors (Lipinski definition) is 1. The first-order chi connectivity index (χ1) is 7.15. The molecular formula is C12H23NO2. The lowest BCUT2D eigenvalue weighted by Crippen LogP contribution is -2.34. The molecule has 1 unspecified atom stereocenters. The molecule has 3 heteroatoms. The van der Waals surface area contributed by atoms with E-state index in [1.165, 1.54) is 12.8 Å². The third-order valence-corrected chi connectivity index (χ3v) is 2.84. The van der Waals surface area contributed by atoms with Crippen LogP contribution in [0.1, 0.15) is 52.4 Å². The van der Waals surface area contributed by atoms with Crippen LogP contribution in [-0.4, -0.2) is 34.6 Å². The Morgan fingerprint density at radius 2 is 2.20 bits per heavy atom. The number of carbonyl (C=O) groups excluding carboxylic acids is 1. The summed E-state index contributed by atoms with van der Waals surface area (Å²) in [6.45, 7) is 4.78. The van der Waals surface area contributed by atoms with Gasteiger partial charge in [0, 0.05) is 19.0 Å². The van der Waals surface area contributed by atoms with Crippen LogP contribution in [-0.2, 0) is 4.79 Å². The van der Waals surface area contributed by atoms with Gasteiger partial charge < -0.3 is 10.0 Å². The minimum absolute atomic E-state index is 0.229. The van der Waals surface area contributed by atoms with E-state index in [1.807, 2.05) is 4.90 Å². The predicted octanol–water partition coefficient (Wildman–Crippen LogP) is 1.94. The van der Waals surface area contributed by atoms with Crippen molar-refractivity contribution in [2.45, 2.75) is 64.5 Å². The molecule has 0 bridgehead atoms. The van der Waals surface area contributed by atoms with Gasteiger partial charge in [-0.3, -0.25) is 4.79 Å². The maximum atomic E-state index is 11.8. The molecule has 1 aliphatic carbocycles. The first kappa shape index (κ1) is 12.5. The molecule has 0 heterocycles. The average molecular weight is 213 g/mol. The summed E-state index contributed by atoms with van der Waals surface area (Å²) >= 11 is 0. The fourth-order valence-corrected chi connectivity index (χ4v) is 1.70. The number of aliphatic hydroxyl groups excluding tert-OH is 1. The van der Waals surface area contributed by atoms with Crippen LogP contribution in [0.2, 0.25) is 0 Å². The molecule has 1 amide bonds. The average Bonchev–Trinajstić information content (AvgIpc) is 2.99. The van der Waals surface area contributed by atoms with Crippen LogP contribution in [0.5, 0.6) is 0 Å². The lowest BCUT2D eigenvalue weighted by Gasteiger charge is -2.22. The van der Waals surface area contributed by atoms with Crippen LogP contribution < -0.4 is 0 Å². The fraction of sp³-hybridized carbons (Fsp3) is 0.917. The quantitative estimate of drug-likeness (QED) is 0.702. The summed E-state index contributed by atoms with van der Waals surface area (Å²) in [5.41, 5.74) is 0. The third-order valence-electron chi connectivity index (χ3n) is 2.84. The van der Waals surface area contributed by atoms with Gasteiger partial charge in [0.1, 0.15) is 0 Å². The molecule has 0 aromatic heterocycles. The summed E-state index contributed by atoms with van der Waals surface area (Å²) in [5, 5.41) is 9.14. The normalized spacial score (nSPS) is 17.5. The standard InChI is InChI=1S/C12H23NO2/c1-3-4-9-13(11-6-7-11)12(15)8-5-10(2)14/h10-11,14H,3-9H2,1-2H3. The molecule has 1 saturated carbocycles. The highest BCUT2D eigenvalue weighted by Crippen LogP contribution is 2.27. The van der Waals surface area contributed by atoms with Gasteiger partial charge in [0.25, 0.3) is 0 Å². The molecule has 1 N–H and O–H groups in total. The number of carbonyl (C=O) groups is 1. The summed E-state index contributed by atoms with van der Waals surface area (Å²) < 4.78 is 0. The minimum Gasteiger partial charge on any atom is -0.393 e. The number of hydrogen-bond acceptors (Lipinski definition) is 2. The van der Waals surface area contributed by atoms with Gasteiger partial charge >= 0.3 is 0 Å². The molecule has 0 aliphatic heterocycles. The smallest absolute Gasteiger partial charge is 0.222 e. The van der Waals surface area contributed by atoms with E-state index in [2.05, 4.69) is 6.92 Å². The monoisotopic (exact) mass is 213 g/mol. The van der Waals surface area contributed by atoms with E-state index in [0.717, 1.165) is 19.4 Å².